The van der Waals surface area contributed by atoms with Crippen LogP contribution in [0.5, 0.6) is 5.75 Å². The molecule has 13 heteroatoms. The maximum atomic E-state index is 15.3. The Hall–Kier alpha value is -3.98. The van der Waals surface area contributed by atoms with Gasteiger partial charge in [-0.2, -0.15) is 0 Å². The molecule has 2 saturated heterocycles. The van der Waals surface area contributed by atoms with Crippen molar-refractivity contribution < 1.29 is 34.4 Å². The van der Waals surface area contributed by atoms with Gasteiger partial charge in [0.1, 0.15) is 17.3 Å². The highest BCUT2D eigenvalue weighted by Gasteiger charge is 2.78. The lowest BCUT2D eigenvalue weighted by molar-refractivity contribution is -0.203. The lowest BCUT2D eigenvalue weighted by Gasteiger charge is -2.63. The van der Waals surface area contributed by atoms with Crippen LogP contribution in [-0.2, 0) is 31.6 Å². The van der Waals surface area contributed by atoms with Crippen molar-refractivity contribution in [3.05, 3.63) is 70.9 Å². The van der Waals surface area contributed by atoms with Crippen LogP contribution in [0.4, 0.5) is 5.69 Å². The number of aromatic amines is 1. The fourth-order valence-electron chi connectivity index (χ4n) is 13.3. The Morgan fingerprint density at radius 2 is 1.83 bits per heavy atom. The summed E-state index contributed by atoms with van der Waals surface area (Å²) in [4.78, 5) is 40.3. The van der Waals surface area contributed by atoms with Gasteiger partial charge in [0, 0.05) is 84.0 Å². The Morgan fingerprint density at radius 1 is 1.03 bits per heavy atom. The number of carbonyl (C=O) groups excluding carboxylic acids is 2. The number of aliphatic hydroxyl groups is 3. The molecule has 1 saturated carbocycles. The number of nitrogens with zero attached hydrogens (tertiary/aromatic N) is 3. The zero-order valence-corrected chi connectivity index (χ0v) is 34.7. The van der Waals surface area contributed by atoms with Crippen LogP contribution in [0.15, 0.2) is 48.6 Å². The summed E-state index contributed by atoms with van der Waals surface area (Å²) in [7, 11) is 6.68. The standard InChI is InChI=1S/C45H60N6O7/c1-7-41(55)22-27-23-44(40(54)58-6,35-29(14-18-50(24-27)25-41)28-12-9-10-13-32(28)48-35)31-20-30-33(21-34(31)57-5)49(4)37-43(30)16-19-51-17-11-15-42(8-2,36(43)51)38(52)45(37,56)39(53)47-26-46-3/h9-13,15,20-21,27,36-38,46,48,52,55-56H,7-8,14,16-19,22-26H2,1-6H3,(H,47,53)/t27?,36-,37+,38+,41-,42+,43?,44-,45-/m0/s1. The largest absolute Gasteiger partial charge is 0.496 e. The molecule has 6 aliphatic rings. The van der Waals surface area contributed by atoms with Gasteiger partial charge in [0.05, 0.1) is 32.5 Å². The molecular weight excluding hydrogens is 737 g/mol. The number of aromatic nitrogens is 1. The smallest absolute Gasteiger partial charge is 0.322 e. The second-order valence-corrected chi connectivity index (χ2v) is 18.2. The summed E-state index contributed by atoms with van der Waals surface area (Å²) < 4.78 is 12.3. The zero-order chi connectivity index (χ0) is 41.0. The van der Waals surface area contributed by atoms with Crippen molar-refractivity contribution in [1.29, 1.82) is 0 Å². The van der Waals surface area contributed by atoms with E-state index in [9.17, 15) is 20.1 Å². The molecule has 9 rings (SSSR count). The van der Waals surface area contributed by atoms with Crippen molar-refractivity contribution in [3.63, 3.8) is 0 Å². The Kier molecular flexibility index (Phi) is 9.38. The molecule has 2 aromatic carbocycles. The fraction of sp³-hybridized carbons (Fsp3) is 0.600. The van der Waals surface area contributed by atoms with Crippen LogP contribution < -0.4 is 20.3 Å². The molecule has 1 spiro atoms. The number of likely N-dealkylation sites (N-methyl/N-ethyl adjacent to an activating group) is 1. The minimum absolute atomic E-state index is 0.0781. The summed E-state index contributed by atoms with van der Waals surface area (Å²) >= 11 is 0. The number of fused-ring (bicyclic) bond motifs is 6. The van der Waals surface area contributed by atoms with Crippen LogP contribution in [0.1, 0.15) is 68.3 Å². The first-order valence-electron chi connectivity index (χ1n) is 21.2. The predicted octanol–water partition coefficient (Wildman–Crippen LogP) is 2.54. The highest BCUT2D eigenvalue weighted by Crippen LogP contribution is 2.67. The highest BCUT2D eigenvalue weighted by molar-refractivity contribution is 5.95. The van der Waals surface area contributed by atoms with Crippen molar-refractivity contribution in [2.75, 3.05) is 72.6 Å². The number of ether oxygens (including phenoxy) is 2. The predicted molar refractivity (Wildman–Crippen MR) is 221 cm³/mol. The van der Waals surface area contributed by atoms with Gasteiger partial charge in [0.25, 0.3) is 5.91 Å². The van der Waals surface area contributed by atoms with Gasteiger partial charge in [-0.1, -0.05) is 44.2 Å². The number of nitrogens with one attached hydrogen (secondary N) is 3. The van der Waals surface area contributed by atoms with Gasteiger partial charge in [0.2, 0.25) is 0 Å². The molecule has 3 aromatic rings. The van der Waals surface area contributed by atoms with E-state index in [1.54, 1.807) is 14.2 Å². The van der Waals surface area contributed by atoms with Crippen molar-refractivity contribution in [1.82, 2.24) is 25.4 Å². The fourth-order valence-corrected chi connectivity index (χ4v) is 13.3. The van der Waals surface area contributed by atoms with Crippen molar-refractivity contribution >= 4 is 28.5 Å². The number of piperidine rings is 1. The van der Waals surface area contributed by atoms with Crippen LogP contribution in [0.3, 0.4) is 0 Å². The second kappa shape index (κ2) is 13.8. The van der Waals surface area contributed by atoms with Crippen LogP contribution in [-0.4, -0.2) is 139 Å². The quantitative estimate of drug-likeness (QED) is 0.113. The summed E-state index contributed by atoms with van der Waals surface area (Å²) in [6.07, 6.45) is 5.95. The van der Waals surface area contributed by atoms with Crippen LogP contribution in [0, 0.1) is 11.3 Å². The monoisotopic (exact) mass is 796 g/mol. The minimum atomic E-state index is -2.22. The number of rotatable bonds is 8. The lowest BCUT2D eigenvalue weighted by atomic mass is 9.47. The molecule has 6 heterocycles. The SMILES string of the molecule is CC[C@]1(O)CC2CN(CCc3c([nH]c4ccccc34)[C@@](C(=O)OC)(c3cc4c(cc3OC)N(C)[C@@H]3C45CCN4CC=C[C@](CC)([C@H]45)[C@@H](O)[C@]3(O)C(=O)NCNC)C2)C1. The first-order valence-corrected chi connectivity index (χ1v) is 21.2. The van der Waals surface area contributed by atoms with Crippen LogP contribution in [0.2, 0.25) is 0 Å². The number of carbonyl (C=O) groups is 2. The van der Waals surface area contributed by atoms with E-state index in [4.69, 9.17) is 9.47 Å². The third-order valence-electron chi connectivity index (χ3n) is 15.6. The number of benzene rings is 2. The van der Waals surface area contributed by atoms with Gasteiger partial charge >= 0.3 is 5.97 Å². The average molecular weight is 797 g/mol. The van der Waals surface area contributed by atoms with Crippen molar-refractivity contribution in [3.8, 4) is 5.75 Å². The number of para-hydroxylation sites is 1. The maximum Gasteiger partial charge on any atom is 0.322 e. The van der Waals surface area contributed by atoms with Gasteiger partial charge in [-0.15, -0.1) is 0 Å². The molecule has 6 N–H and O–H groups in total. The van der Waals surface area contributed by atoms with Crippen molar-refractivity contribution in [2.24, 2.45) is 11.3 Å². The van der Waals surface area contributed by atoms with Crippen LogP contribution >= 0.6 is 0 Å². The summed E-state index contributed by atoms with van der Waals surface area (Å²) in [5.74, 6) is -0.649. The summed E-state index contributed by atoms with van der Waals surface area (Å²) in [6, 6.07) is 11.2. The first-order chi connectivity index (χ1) is 27.8. The molecule has 3 fully saturated rings. The van der Waals surface area contributed by atoms with E-state index in [-0.39, 0.29) is 18.6 Å². The number of amides is 1. The number of aliphatic hydroxyl groups excluding tert-OH is 1. The molecule has 13 nitrogen and oxygen atoms in total. The minimum Gasteiger partial charge on any atom is -0.496 e. The number of hydrogen-bond donors (Lipinski definition) is 6. The van der Waals surface area contributed by atoms with E-state index in [2.05, 4.69) is 49.7 Å². The Labute approximate surface area is 340 Å². The molecular formula is C45H60N6O7. The Bertz CT molecular complexity index is 2180. The van der Waals surface area contributed by atoms with E-state index in [0.717, 1.165) is 46.5 Å². The highest BCUT2D eigenvalue weighted by atomic mass is 16.5. The zero-order valence-electron chi connectivity index (χ0n) is 34.7. The molecule has 0 radical (unpaired) electrons. The molecule has 3 unspecified atom stereocenters. The van der Waals surface area contributed by atoms with E-state index >= 15 is 4.79 Å². The van der Waals surface area contributed by atoms with E-state index in [1.165, 1.54) is 7.11 Å². The molecule has 1 amide bonds. The van der Waals surface area contributed by atoms with Gasteiger partial charge in [-0.05, 0) is 81.3 Å². The van der Waals surface area contributed by atoms with Gasteiger partial charge in [0.15, 0.2) is 5.60 Å². The van der Waals surface area contributed by atoms with Gasteiger partial charge in [-0.25, -0.2) is 0 Å². The maximum absolute atomic E-state index is 15.3. The van der Waals surface area contributed by atoms with E-state index in [0.29, 0.717) is 69.5 Å². The molecule has 312 valence electrons. The van der Waals surface area contributed by atoms with E-state index in [1.807, 2.05) is 50.1 Å². The van der Waals surface area contributed by atoms with Gasteiger partial charge in [-0.3, -0.25) is 19.4 Å². The normalized spacial score (nSPS) is 37.5. The van der Waals surface area contributed by atoms with Crippen LogP contribution in [0.25, 0.3) is 10.9 Å². The number of methoxy groups -OCH3 is 2. The average Bonchev–Trinajstić information content (AvgIpc) is 3.89. The number of esters is 1. The Morgan fingerprint density at radius 3 is 2.55 bits per heavy atom. The summed E-state index contributed by atoms with van der Waals surface area (Å²) in [5, 5.41) is 44.6. The number of anilines is 1. The lowest BCUT2D eigenvalue weighted by Crippen LogP contribution is -2.81. The van der Waals surface area contributed by atoms with Crippen molar-refractivity contribution in [2.45, 2.75) is 92.6 Å². The first kappa shape index (κ1) is 39.5. The molecule has 1 aromatic heterocycles. The molecule has 10 atom stereocenters. The van der Waals surface area contributed by atoms with Gasteiger partial charge < -0.3 is 45.3 Å². The molecule has 58 heavy (non-hydrogen) atoms. The third kappa shape index (κ3) is 5.03. The number of hydrogen-bond acceptors (Lipinski definition) is 11. The number of H-pyrrole nitrogens is 1. The summed E-state index contributed by atoms with van der Waals surface area (Å²) in [5.41, 5.74) is -1.25. The summed E-state index contributed by atoms with van der Waals surface area (Å²) in [6.45, 7) is 7.58. The molecule has 2 bridgehead atoms. The second-order valence-electron chi connectivity index (χ2n) is 18.2. The Balaban J connectivity index is 1.35. The third-order valence-corrected chi connectivity index (χ3v) is 15.6. The molecule has 1 aliphatic carbocycles. The van der Waals surface area contributed by atoms with E-state index < -0.39 is 51.5 Å². The topological polar surface area (TPSA) is 163 Å². The molecule has 5 aliphatic heterocycles.